The second-order valence-corrected chi connectivity index (χ2v) is 10.8. The maximum Gasteiger partial charge on any atom is 0.270 e. The van der Waals surface area contributed by atoms with E-state index in [-0.39, 0.29) is 17.4 Å². The molecule has 0 spiro atoms. The second-order valence-electron chi connectivity index (χ2n) is 10.8. The number of hydrogen-bond acceptors (Lipinski definition) is 6. The Labute approximate surface area is 243 Å². The molecule has 0 aromatic heterocycles. The molecule has 2 bridgehead atoms. The monoisotopic (exact) mass is 575 g/mol. The normalized spacial score (nSPS) is 19.2. The average molecular weight is 576 g/mol. The SMILES string of the molecule is CC(F)(F)c1ccc(NC(=O)C(NCCN2C[C@@H]3C[C@H]2CO3)c2ccc(C=CC(=O)Nc3ccccc3N)cc2)cc1. The summed E-state index contributed by atoms with van der Waals surface area (Å²) in [7, 11) is 0. The third-order valence-electron chi connectivity index (χ3n) is 7.60. The molecule has 0 radical (unpaired) electrons. The van der Waals surface area contributed by atoms with Crippen molar-refractivity contribution < 1.29 is 23.1 Å². The molecule has 2 heterocycles. The molecule has 220 valence electrons. The molecule has 3 aromatic carbocycles. The molecule has 5 rings (SSSR count). The number of hydrogen-bond donors (Lipinski definition) is 4. The summed E-state index contributed by atoms with van der Waals surface area (Å²) in [6.07, 6.45) is 4.43. The van der Waals surface area contributed by atoms with Gasteiger partial charge in [-0.2, -0.15) is 0 Å². The van der Waals surface area contributed by atoms with Crippen LogP contribution >= 0.6 is 0 Å². The average Bonchev–Trinajstić information content (AvgIpc) is 3.59. The summed E-state index contributed by atoms with van der Waals surface area (Å²) in [5, 5.41) is 8.97. The molecule has 0 saturated carbocycles. The first-order valence-electron chi connectivity index (χ1n) is 14.0. The summed E-state index contributed by atoms with van der Waals surface area (Å²) in [6.45, 7) is 3.82. The Kier molecular flexibility index (Phi) is 8.96. The summed E-state index contributed by atoms with van der Waals surface area (Å²) in [4.78, 5) is 28.2. The van der Waals surface area contributed by atoms with Gasteiger partial charge >= 0.3 is 0 Å². The van der Waals surface area contributed by atoms with Gasteiger partial charge in [0.2, 0.25) is 11.8 Å². The van der Waals surface area contributed by atoms with E-state index >= 15 is 0 Å². The molecule has 0 aliphatic carbocycles. The number of halogens is 2. The molecular weight excluding hydrogens is 540 g/mol. The summed E-state index contributed by atoms with van der Waals surface area (Å²) >= 11 is 0. The van der Waals surface area contributed by atoms with Gasteiger partial charge in [0.1, 0.15) is 6.04 Å². The van der Waals surface area contributed by atoms with E-state index in [0.29, 0.717) is 35.8 Å². The van der Waals surface area contributed by atoms with E-state index in [1.807, 2.05) is 24.3 Å². The Bertz CT molecular complexity index is 1420. The molecule has 2 fully saturated rings. The summed E-state index contributed by atoms with van der Waals surface area (Å²) in [5.74, 6) is -3.58. The van der Waals surface area contributed by atoms with Crippen LogP contribution in [0.2, 0.25) is 0 Å². The topological polar surface area (TPSA) is 109 Å². The minimum absolute atomic E-state index is 0.122. The van der Waals surface area contributed by atoms with E-state index < -0.39 is 12.0 Å². The van der Waals surface area contributed by atoms with Crippen molar-refractivity contribution >= 4 is 35.0 Å². The minimum atomic E-state index is -2.96. The van der Waals surface area contributed by atoms with Gasteiger partial charge in [-0.05, 0) is 47.9 Å². The van der Waals surface area contributed by atoms with Gasteiger partial charge in [-0.3, -0.25) is 14.5 Å². The zero-order valence-corrected chi connectivity index (χ0v) is 23.4. The zero-order valence-electron chi connectivity index (χ0n) is 23.4. The number of nitrogens with one attached hydrogen (secondary N) is 3. The number of likely N-dealkylation sites (tertiary alicyclic amines) is 1. The van der Waals surface area contributed by atoms with E-state index in [1.54, 1.807) is 30.3 Å². The lowest BCUT2D eigenvalue weighted by molar-refractivity contribution is -0.118. The summed E-state index contributed by atoms with van der Waals surface area (Å²) in [6, 6.07) is 19.6. The molecule has 10 heteroatoms. The van der Waals surface area contributed by atoms with Gasteiger partial charge in [-0.25, -0.2) is 8.78 Å². The number of benzene rings is 3. The fourth-order valence-corrected chi connectivity index (χ4v) is 5.28. The quantitative estimate of drug-likeness (QED) is 0.194. The number of nitrogens with two attached hydrogens (primary N) is 1. The highest BCUT2D eigenvalue weighted by molar-refractivity contribution is 6.03. The Morgan fingerprint density at radius 2 is 1.81 bits per heavy atom. The predicted octanol–water partition coefficient (Wildman–Crippen LogP) is 4.77. The summed E-state index contributed by atoms with van der Waals surface area (Å²) < 4.78 is 32.9. The van der Waals surface area contributed by atoms with Gasteiger partial charge in [0.15, 0.2) is 0 Å². The van der Waals surface area contributed by atoms with Gasteiger partial charge in [0.25, 0.3) is 5.92 Å². The molecule has 5 N–H and O–H groups in total. The minimum Gasteiger partial charge on any atom is -0.397 e. The number of morpholine rings is 1. The van der Waals surface area contributed by atoms with Crippen LogP contribution in [0.15, 0.2) is 78.9 Å². The first-order valence-corrected chi connectivity index (χ1v) is 14.0. The molecule has 1 unspecified atom stereocenters. The van der Waals surface area contributed by atoms with Gasteiger partial charge in [-0.1, -0.05) is 48.5 Å². The van der Waals surface area contributed by atoms with E-state index in [4.69, 9.17) is 10.5 Å². The molecule has 2 aliphatic rings. The van der Waals surface area contributed by atoms with Gasteiger partial charge < -0.3 is 26.4 Å². The molecule has 3 aromatic rings. The van der Waals surface area contributed by atoms with E-state index in [9.17, 15) is 18.4 Å². The number of anilines is 3. The van der Waals surface area contributed by atoms with E-state index in [2.05, 4.69) is 20.9 Å². The van der Waals surface area contributed by atoms with Gasteiger partial charge in [0, 0.05) is 49.9 Å². The highest BCUT2D eigenvalue weighted by atomic mass is 19.3. The fraction of sp³-hybridized carbons (Fsp3) is 0.312. The van der Waals surface area contributed by atoms with Crippen LogP contribution in [0.3, 0.4) is 0 Å². The molecule has 2 amide bonds. The van der Waals surface area contributed by atoms with Crippen LogP contribution in [0.4, 0.5) is 25.8 Å². The van der Waals surface area contributed by atoms with Crippen LogP contribution in [0.5, 0.6) is 0 Å². The number of carbonyl (C=O) groups excluding carboxylic acids is 2. The van der Waals surface area contributed by atoms with Crippen molar-refractivity contribution in [3.8, 4) is 0 Å². The van der Waals surface area contributed by atoms with Crippen molar-refractivity contribution in [3.63, 3.8) is 0 Å². The van der Waals surface area contributed by atoms with Crippen molar-refractivity contribution in [2.45, 2.75) is 37.5 Å². The number of carbonyl (C=O) groups is 2. The highest BCUT2D eigenvalue weighted by Gasteiger charge is 2.38. The zero-order chi connectivity index (χ0) is 29.7. The number of alkyl halides is 2. The van der Waals surface area contributed by atoms with Crippen LogP contribution in [0.1, 0.15) is 36.1 Å². The van der Waals surface area contributed by atoms with Gasteiger partial charge in [0.05, 0.1) is 24.1 Å². The lowest BCUT2D eigenvalue weighted by atomic mass is 10.0. The number of amides is 2. The number of rotatable bonds is 11. The van der Waals surface area contributed by atoms with Crippen molar-refractivity contribution in [1.29, 1.82) is 0 Å². The maximum absolute atomic E-state index is 13.6. The standard InChI is InChI=1S/C32H35F2N5O3/c1-32(33,34)23-11-13-24(14-12-23)37-31(41)30(36-16-17-39-19-26-18-25(39)20-42-26)22-9-6-21(7-10-22)8-15-29(40)38-28-5-3-2-4-27(28)35/h2-15,25-26,30,36H,16-20,35H2,1H3,(H,37,41)(H,38,40)/t25-,26-,30?/m0/s1. The van der Waals surface area contributed by atoms with Gasteiger partial charge in [-0.15, -0.1) is 0 Å². The fourth-order valence-electron chi connectivity index (χ4n) is 5.28. The lowest BCUT2D eigenvalue weighted by Gasteiger charge is -2.27. The number of nitrogens with zero attached hydrogens (tertiary/aromatic N) is 1. The Hall–Kier alpha value is -4.12. The Morgan fingerprint density at radius 3 is 2.45 bits per heavy atom. The van der Waals surface area contributed by atoms with Crippen molar-refractivity contribution in [3.05, 3.63) is 95.6 Å². The van der Waals surface area contributed by atoms with Crippen molar-refractivity contribution in [2.24, 2.45) is 0 Å². The molecular formula is C32H35F2N5O3. The molecule has 42 heavy (non-hydrogen) atoms. The first-order chi connectivity index (χ1) is 20.2. The smallest absolute Gasteiger partial charge is 0.270 e. The maximum atomic E-state index is 13.6. The first kappa shape index (κ1) is 29.4. The second kappa shape index (κ2) is 12.8. The summed E-state index contributed by atoms with van der Waals surface area (Å²) in [5.41, 5.74) is 8.72. The van der Waals surface area contributed by atoms with E-state index in [1.165, 1.54) is 30.3 Å². The van der Waals surface area contributed by atoms with E-state index in [0.717, 1.165) is 44.2 Å². The number of para-hydroxylation sites is 2. The number of nitrogen functional groups attached to an aromatic ring is 1. The Balaban J connectivity index is 1.25. The molecule has 3 atom stereocenters. The van der Waals surface area contributed by atoms with Crippen LogP contribution in [0, 0.1) is 0 Å². The van der Waals surface area contributed by atoms with Crippen LogP contribution < -0.4 is 21.7 Å². The Morgan fingerprint density at radius 1 is 1.07 bits per heavy atom. The highest BCUT2D eigenvalue weighted by Crippen LogP contribution is 2.29. The number of ether oxygens (including phenoxy) is 1. The largest absolute Gasteiger partial charge is 0.397 e. The molecule has 2 aliphatic heterocycles. The van der Waals surface area contributed by atoms with Crippen molar-refractivity contribution in [2.75, 3.05) is 42.6 Å². The van der Waals surface area contributed by atoms with Crippen molar-refractivity contribution in [1.82, 2.24) is 10.2 Å². The van der Waals surface area contributed by atoms with Crippen LogP contribution in [-0.4, -0.2) is 55.1 Å². The van der Waals surface area contributed by atoms with Crippen LogP contribution in [0.25, 0.3) is 6.08 Å². The molecule has 8 nitrogen and oxygen atoms in total. The third-order valence-corrected chi connectivity index (χ3v) is 7.60. The predicted molar refractivity (Wildman–Crippen MR) is 160 cm³/mol. The molecule has 2 saturated heterocycles. The number of fused-ring (bicyclic) bond motifs is 2. The van der Waals surface area contributed by atoms with Crippen LogP contribution in [-0.2, 0) is 20.2 Å². The lowest BCUT2D eigenvalue weighted by Crippen LogP contribution is -2.43. The third kappa shape index (κ3) is 7.39.